The molecule has 4 aromatic rings. The maximum absolute atomic E-state index is 14.3. The molecule has 0 spiro atoms. The summed E-state index contributed by atoms with van der Waals surface area (Å²) in [5.41, 5.74) is 7.18. The van der Waals surface area contributed by atoms with Crippen molar-refractivity contribution < 1.29 is 23.4 Å². The maximum atomic E-state index is 14.3. The highest BCUT2D eigenvalue weighted by molar-refractivity contribution is 7.98. The van der Waals surface area contributed by atoms with Gasteiger partial charge >= 0.3 is 5.97 Å². The SMILES string of the molecule is COc1cc(C2C(C(=O)OC3CCCCC3)=C(C)Nc3nc(SCc4ccccc4F)nn32)ccc1OCc1cc(C)c(C)cc1C. The van der Waals surface area contributed by atoms with Crippen molar-refractivity contribution in [1.29, 1.82) is 0 Å². The number of carbonyl (C=O) groups excluding carboxylic acids is 1. The van der Waals surface area contributed by atoms with Gasteiger partial charge in [0.1, 0.15) is 24.6 Å². The van der Waals surface area contributed by atoms with Gasteiger partial charge in [0.2, 0.25) is 11.1 Å². The first-order valence-electron chi connectivity index (χ1n) is 16.1. The lowest BCUT2D eigenvalue weighted by Gasteiger charge is -2.30. The zero-order chi connectivity index (χ0) is 33.1. The number of benzene rings is 3. The van der Waals surface area contributed by atoms with Crippen LogP contribution in [0.4, 0.5) is 10.3 Å². The van der Waals surface area contributed by atoms with Gasteiger partial charge in [-0.25, -0.2) is 13.9 Å². The van der Waals surface area contributed by atoms with Crippen LogP contribution in [0, 0.1) is 26.6 Å². The van der Waals surface area contributed by atoms with Crippen LogP contribution in [0.3, 0.4) is 0 Å². The molecule has 1 aliphatic carbocycles. The summed E-state index contributed by atoms with van der Waals surface area (Å²) >= 11 is 1.33. The average Bonchev–Trinajstić information content (AvgIpc) is 3.47. The number of hydrogen-bond donors (Lipinski definition) is 1. The highest BCUT2D eigenvalue weighted by Crippen LogP contribution is 2.41. The van der Waals surface area contributed by atoms with Crippen molar-refractivity contribution in [2.75, 3.05) is 12.4 Å². The number of ether oxygens (including phenoxy) is 3. The Labute approximate surface area is 279 Å². The fraction of sp³-hybridized carbons (Fsp3) is 0.378. The molecule has 1 unspecified atom stereocenters. The van der Waals surface area contributed by atoms with Crippen LogP contribution in [0.2, 0.25) is 0 Å². The Balaban J connectivity index is 1.32. The van der Waals surface area contributed by atoms with E-state index in [0.29, 0.717) is 51.8 Å². The Morgan fingerprint density at radius 1 is 0.957 bits per heavy atom. The van der Waals surface area contributed by atoms with Crippen LogP contribution in [-0.4, -0.2) is 33.9 Å². The third-order valence-electron chi connectivity index (χ3n) is 9.03. The summed E-state index contributed by atoms with van der Waals surface area (Å²) in [5.74, 6) is 1.34. The van der Waals surface area contributed by atoms with E-state index in [2.05, 4.69) is 38.2 Å². The number of allylic oxidation sites excluding steroid dienone is 1. The first-order valence-corrected chi connectivity index (χ1v) is 17.1. The van der Waals surface area contributed by atoms with Crippen LogP contribution in [0.25, 0.3) is 0 Å². The number of halogens is 1. The largest absolute Gasteiger partial charge is 0.493 e. The minimum atomic E-state index is -0.636. The molecule has 0 bridgehead atoms. The Morgan fingerprint density at radius 2 is 1.72 bits per heavy atom. The van der Waals surface area contributed by atoms with Gasteiger partial charge in [-0.15, -0.1) is 5.10 Å². The van der Waals surface area contributed by atoms with Crippen molar-refractivity contribution in [1.82, 2.24) is 14.8 Å². The van der Waals surface area contributed by atoms with Gasteiger partial charge in [0.05, 0.1) is 12.7 Å². The molecule has 1 aliphatic heterocycles. The molecule has 8 nitrogen and oxygen atoms in total. The van der Waals surface area contributed by atoms with Gasteiger partial charge in [-0.05, 0) is 105 Å². The van der Waals surface area contributed by atoms with Crippen molar-refractivity contribution >= 4 is 23.7 Å². The van der Waals surface area contributed by atoms with Gasteiger partial charge in [0.15, 0.2) is 11.5 Å². The zero-order valence-corrected chi connectivity index (χ0v) is 28.4. The standard InChI is InChI=1S/C37H41FN4O4S/c1-22-17-24(3)28(18-23(22)2)20-45-31-16-15-26(19-32(31)44-5)34-33(35(43)46-29-12-7-6-8-13-29)25(4)39-36-40-37(41-42(34)36)47-21-27-11-9-10-14-30(27)38/h9-11,14-19,29,34H,6-8,12-13,20-21H2,1-5H3,(H,39,40,41). The summed E-state index contributed by atoms with van der Waals surface area (Å²) in [6, 6.07) is 16.1. The molecule has 3 aromatic carbocycles. The number of aromatic nitrogens is 3. The van der Waals surface area contributed by atoms with Gasteiger partial charge in [-0.2, -0.15) is 4.98 Å². The molecule has 2 aliphatic rings. The Kier molecular flexibility index (Phi) is 9.87. The molecule has 47 heavy (non-hydrogen) atoms. The van der Waals surface area contributed by atoms with Gasteiger partial charge in [-0.3, -0.25) is 0 Å². The summed E-state index contributed by atoms with van der Waals surface area (Å²) in [6.45, 7) is 8.54. The molecular formula is C37H41FN4O4S. The summed E-state index contributed by atoms with van der Waals surface area (Å²) in [4.78, 5) is 18.6. The van der Waals surface area contributed by atoms with E-state index in [-0.39, 0.29) is 17.9 Å². The lowest BCUT2D eigenvalue weighted by atomic mass is 9.94. The fourth-order valence-electron chi connectivity index (χ4n) is 6.23. The quantitative estimate of drug-likeness (QED) is 0.135. The number of anilines is 1. The van der Waals surface area contributed by atoms with Gasteiger partial charge in [-0.1, -0.05) is 54.6 Å². The second-order valence-corrected chi connectivity index (χ2v) is 13.3. The number of thioether (sulfide) groups is 1. The molecule has 0 saturated heterocycles. The second-order valence-electron chi connectivity index (χ2n) is 12.3. The monoisotopic (exact) mass is 656 g/mol. The van der Waals surface area contributed by atoms with Gasteiger partial charge in [0.25, 0.3) is 0 Å². The minimum absolute atomic E-state index is 0.111. The number of esters is 1. The van der Waals surface area contributed by atoms with Crippen LogP contribution in [-0.2, 0) is 21.9 Å². The molecule has 1 atom stereocenters. The van der Waals surface area contributed by atoms with Crippen molar-refractivity contribution in [3.8, 4) is 11.5 Å². The van der Waals surface area contributed by atoms with Crippen molar-refractivity contribution in [3.05, 3.63) is 105 Å². The molecule has 1 N–H and O–H groups in total. The van der Waals surface area contributed by atoms with E-state index in [1.54, 1.807) is 23.9 Å². The highest BCUT2D eigenvalue weighted by Gasteiger charge is 2.37. The summed E-state index contributed by atoms with van der Waals surface area (Å²) in [6.07, 6.45) is 4.87. The number of carbonyl (C=O) groups is 1. The number of nitrogens with zero attached hydrogens (tertiary/aromatic N) is 3. The summed E-state index contributed by atoms with van der Waals surface area (Å²) < 4.78 is 34.2. The number of nitrogens with one attached hydrogen (secondary N) is 1. The first kappa shape index (κ1) is 32.6. The third-order valence-corrected chi connectivity index (χ3v) is 9.92. The van der Waals surface area contributed by atoms with Crippen molar-refractivity contribution in [2.24, 2.45) is 0 Å². The van der Waals surface area contributed by atoms with Crippen molar-refractivity contribution in [3.63, 3.8) is 0 Å². The molecular weight excluding hydrogens is 615 g/mol. The number of fused-ring (bicyclic) bond motifs is 1. The van der Waals surface area contributed by atoms with E-state index >= 15 is 0 Å². The second kappa shape index (κ2) is 14.2. The smallest absolute Gasteiger partial charge is 0.338 e. The molecule has 1 saturated carbocycles. The number of methoxy groups -OCH3 is 1. The number of hydrogen-bond acceptors (Lipinski definition) is 8. The van der Waals surface area contributed by atoms with E-state index in [1.165, 1.54) is 34.5 Å². The average molecular weight is 657 g/mol. The van der Waals surface area contributed by atoms with Gasteiger partial charge < -0.3 is 19.5 Å². The van der Waals surface area contributed by atoms with E-state index in [1.807, 2.05) is 31.2 Å². The van der Waals surface area contributed by atoms with Crippen LogP contribution in [0.15, 0.2) is 71.0 Å². The molecule has 1 fully saturated rings. The van der Waals surface area contributed by atoms with Crippen LogP contribution in [0.1, 0.15) is 78.5 Å². The first-order chi connectivity index (χ1) is 22.7. The highest BCUT2D eigenvalue weighted by atomic mass is 32.2. The van der Waals surface area contributed by atoms with Gasteiger partial charge in [0, 0.05) is 11.4 Å². The molecule has 0 amide bonds. The fourth-order valence-corrected chi connectivity index (χ4v) is 7.04. The van der Waals surface area contributed by atoms with Crippen molar-refractivity contribution in [2.45, 2.75) is 89.5 Å². The lowest BCUT2D eigenvalue weighted by Crippen LogP contribution is -2.32. The molecule has 246 valence electrons. The summed E-state index contributed by atoms with van der Waals surface area (Å²) in [7, 11) is 1.60. The molecule has 1 aromatic heterocycles. The van der Waals surface area contributed by atoms with E-state index in [0.717, 1.165) is 43.2 Å². The normalized spacial score (nSPS) is 16.4. The van der Waals surface area contributed by atoms with Crippen LogP contribution in [0.5, 0.6) is 11.5 Å². The Morgan fingerprint density at radius 3 is 2.49 bits per heavy atom. The van der Waals surface area contributed by atoms with E-state index in [9.17, 15) is 9.18 Å². The maximum Gasteiger partial charge on any atom is 0.338 e. The summed E-state index contributed by atoms with van der Waals surface area (Å²) in [5, 5.41) is 8.55. The molecule has 2 heterocycles. The number of aryl methyl sites for hydroxylation is 3. The number of rotatable bonds is 10. The van der Waals surface area contributed by atoms with E-state index in [4.69, 9.17) is 24.3 Å². The predicted molar refractivity (Wildman–Crippen MR) is 181 cm³/mol. The predicted octanol–water partition coefficient (Wildman–Crippen LogP) is 8.39. The zero-order valence-electron chi connectivity index (χ0n) is 27.6. The van der Waals surface area contributed by atoms with Crippen LogP contribution >= 0.6 is 11.8 Å². The minimum Gasteiger partial charge on any atom is -0.493 e. The Bertz CT molecular complexity index is 1810. The third kappa shape index (κ3) is 7.17. The van der Waals surface area contributed by atoms with E-state index < -0.39 is 6.04 Å². The Hall–Kier alpha value is -4.31. The van der Waals surface area contributed by atoms with Crippen LogP contribution < -0.4 is 14.8 Å². The molecule has 0 radical (unpaired) electrons. The molecule has 6 rings (SSSR count). The topological polar surface area (TPSA) is 87.5 Å². The lowest BCUT2D eigenvalue weighted by molar-refractivity contribution is -0.146. The molecule has 10 heteroatoms.